The first-order valence-corrected chi connectivity index (χ1v) is 9.17. The highest BCUT2D eigenvalue weighted by Crippen LogP contribution is 2.36. The summed E-state index contributed by atoms with van der Waals surface area (Å²) in [5, 5.41) is 13.5. The Labute approximate surface area is 179 Å². The molecule has 7 nitrogen and oxygen atoms in total. The summed E-state index contributed by atoms with van der Waals surface area (Å²) in [4.78, 5) is 26.9. The van der Waals surface area contributed by atoms with E-state index in [1.165, 1.54) is 48.8 Å². The Bertz CT molecular complexity index is 1050. The predicted molar refractivity (Wildman–Crippen MR) is 106 cm³/mol. The standard InChI is InChI=1S/C20H15ClF3N3O4/c21-17-6-3-13(8-16(17)20(22,23)24)27-19(30)26-12-1-4-14(5-2-12)31-15-7-11(18(28)29)9-25-10-15/h1-7,9-10,13H,8H2,(H,28,29)(H2,26,27,30). The van der Waals surface area contributed by atoms with Gasteiger partial charge in [0.2, 0.25) is 0 Å². The largest absolute Gasteiger partial charge is 0.478 e. The number of carboxylic acid groups (broad SMARTS) is 1. The minimum Gasteiger partial charge on any atom is -0.478 e. The number of nitrogens with one attached hydrogen (secondary N) is 2. The van der Waals surface area contributed by atoms with Crippen molar-refractivity contribution in [2.45, 2.75) is 18.6 Å². The van der Waals surface area contributed by atoms with E-state index >= 15 is 0 Å². The number of hydrogen-bond acceptors (Lipinski definition) is 4. The van der Waals surface area contributed by atoms with E-state index in [1.54, 1.807) is 0 Å². The highest BCUT2D eigenvalue weighted by Gasteiger charge is 2.38. The van der Waals surface area contributed by atoms with Crippen LogP contribution in [0.15, 0.2) is 65.5 Å². The van der Waals surface area contributed by atoms with Crippen molar-refractivity contribution in [3.05, 3.63) is 71.0 Å². The van der Waals surface area contributed by atoms with Crippen LogP contribution in [-0.2, 0) is 0 Å². The molecule has 0 saturated carbocycles. The third-order valence-electron chi connectivity index (χ3n) is 4.15. The Morgan fingerprint density at radius 1 is 1.16 bits per heavy atom. The molecular formula is C20H15ClF3N3O4. The maximum atomic E-state index is 13.0. The molecule has 1 atom stereocenters. The first-order chi connectivity index (χ1) is 14.6. The Balaban J connectivity index is 1.57. The predicted octanol–water partition coefficient (Wildman–Crippen LogP) is 5.08. The molecule has 31 heavy (non-hydrogen) atoms. The van der Waals surface area contributed by atoms with Crippen LogP contribution in [0.4, 0.5) is 23.7 Å². The number of benzene rings is 1. The molecule has 3 N–H and O–H groups in total. The summed E-state index contributed by atoms with van der Waals surface area (Å²) < 4.78 is 44.4. The van der Waals surface area contributed by atoms with Crippen molar-refractivity contribution in [1.82, 2.24) is 10.3 Å². The molecule has 1 aliphatic rings. The topological polar surface area (TPSA) is 101 Å². The van der Waals surface area contributed by atoms with Crippen LogP contribution in [0, 0.1) is 0 Å². The van der Waals surface area contributed by atoms with Gasteiger partial charge in [-0.2, -0.15) is 13.2 Å². The fraction of sp³-hybridized carbons (Fsp3) is 0.150. The number of aromatic nitrogens is 1. The lowest BCUT2D eigenvalue weighted by Crippen LogP contribution is -2.39. The molecule has 1 aromatic heterocycles. The van der Waals surface area contributed by atoms with Gasteiger partial charge in [-0.15, -0.1) is 0 Å². The lowest BCUT2D eigenvalue weighted by molar-refractivity contribution is -0.0948. The molecule has 1 aliphatic carbocycles. The lowest BCUT2D eigenvalue weighted by atomic mass is 10.00. The molecule has 0 fully saturated rings. The maximum Gasteiger partial charge on any atom is 0.414 e. The first kappa shape index (κ1) is 22.2. The number of hydrogen-bond donors (Lipinski definition) is 3. The van der Waals surface area contributed by atoms with Crippen LogP contribution in [0.5, 0.6) is 11.5 Å². The molecule has 0 spiro atoms. The minimum atomic E-state index is -4.58. The van der Waals surface area contributed by atoms with Crippen molar-refractivity contribution in [2.75, 3.05) is 5.32 Å². The van der Waals surface area contributed by atoms with Gasteiger partial charge in [-0.3, -0.25) is 4.98 Å². The number of aromatic carboxylic acids is 1. The summed E-state index contributed by atoms with van der Waals surface area (Å²) in [5.41, 5.74) is -0.564. The van der Waals surface area contributed by atoms with Gasteiger partial charge < -0.3 is 20.5 Å². The van der Waals surface area contributed by atoms with Crippen LogP contribution in [-0.4, -0.2) is 34.3 Å². The smallest absolute Gasteiger partial charge is 0.414 e. The molecule has 2 amide bonds. The number of alkyl halides is 3. The summed E-state index contributed by atoms with van der Waals surface area (Å²) in [6.07, 6.45) is -0.0219. The van der Waals surface area contributed by atoms with Gasteiger partial charge in [0.25, 0.3) is 0 Å². The van der Waals surface area contributed by atoms with Gasteiger partial charge in [0.15, 0.2) is 0 Å². The monoisotopic (exact) mass is 453 g/mol. The lowest BCUT2D eigenvalue weighted by Gasteiger charge is -2.23. The number of rotatable bonds is 5. The van der Waals surface area contributed by atoms with E-state index in [-0.39, 0.29) is 11.3 Å². The zero-order valence-electron chi connectivity index (χ0n) is 15.6. The van der Waals surface area contributed by atoms with Gasteiger partial charge in [-0.05, 0) is 36.4 Å². The van der Waals surface area contributed by atoms with E-state index < -0.39 is 41.2 Å². The van der Waals surface area contributed by atoms with Crippen molar-refractivity contribution < 1.29 is 32.6 Å². The summed E-state index contributed by atoms with van der Waals surface area (Å²) in [6, 6.07) is 5.82. The van der Waals surface area contributed by atoms with Crippen molar-refractivity contribution in [3.8, 4) is 11.5 Å². The molecule has 162 valence electrons. The fourth-order valence-corrected chi connectivity index (χ4v) is 2.96. The average molecular weight is 454 g/mol. The molecule has 1 heterocycles. The van der Waals surface area contributed by atoms with Gasteiger partial charge in [-0.25, -0.2) is 9.59 Å². The normalized spacial score (nSPS) is 16.1. The molecule has 0 saturated heterocycles. The number of carboxylic acids is 1. The summed E-state index contributed by atoms with van der Waals surface area (Å²) in [5.74, 6) is -0.564. The second-order valence-electron chi connectivity index (χ2n) is 6.43. The molecule has 11 heteroatoms. The maximum absolute atomic E-state index is 13.0. The van der Waals surface area contributed by atoms with E-state index in [0.29, 0.717) is 11.4 Å². The number of amides is 2. The van der Waals surface area contributed by atoms with Crippen molar-refractivity contribution in [1.29, 1.82) is 0 Å². The number of halogens is 4. The number of allylic oxidation sites excluding steroid dienone is 2. The number of nitrogens with zero attached hydrogens (tertiary/aromatic N) is 1. The van der Waals surface area contributed by atoms with E-state index in [0.717, 1.165) is 6.08 Å². The zero-order valence-corrected chi connectivity index (χ0v) is 16.4. The van der Waals surface area contributed by atoms with Crippen LogP contribution >= 0.6 is 11.6 Å². The van der Waals surface area contributed by atoms with E-state index in [1.807, 2.05) is 0 Å². The molecule has 0 bridgehead atoms. The number of carbonyl (C=O) groups excluding carboxylic acids is 1. The number of urea groups is 1. The van der Waals surface area contributed by atoms with Crippen LogP contribution in [0.2, 0.25) is 0 Å². The molecule has 3 rings (SSSR count). The SMILES string of the molecule is O=C(Nc1ccc(Oc2cncc(C(=O)O)c2)cc1)NC1C=CC(Cl)=C(C(F)(F)F)C1. The molecule has 1 aromatic carbocycles. The van der Waals surface area contributed by atoms with E-state index in [2.05, 4.69) is 15.6 Å². The molecule has 2 aromatic rings. The van der Waals surface area contributed by atoms with Crippen LogP contribution in [0.1, 0.15) is 16.8 Å². The van der Waals surface area contributed by atoms with Gasteiger partial charge in [-0.1, -0.05) is 17.7 Å². The molecule has 0 aliphatic heterocycles. The number of pyridine rings is 1. The molecule has 1 unspecified atom stereocenters. The Morgan fingerprint density at radius 2 is 1.87 bits per heavy atom. The van der Waals surface area contributed by atoms with Crippen LogP contribution < -0.4 is 15.4 Å². The summed E-state index contributed by atoms with van der Waals surface area (Å²) >= 11 is 5.60. The van der Waals surface area contributed by atoms with Gasteiger partial charge in [0.1, 0.15) is 11.5 Å². The summed E-state index contributed by atoms with van der Waals surface area (Å²) in [6.45, 7) is 0. The van der Waals surface area contributed by atoms with Gasteiger partial charge >= 0.3 is 18.2 Å². The zero-order chi connectivity index (χ0) is 22.6. The minimum absolute atomic E-state index is 0.0333. The number of ether oxygens (including phenoxy) is 1. The third kappa shape index (κ3) is 5.98. The van der Waals surface area contributed by atoms with Gasteiger partial charge in [0.05, 0.1) is 23.4 Å². The molecular weight excluding hydrogens is 439 g/mol. The highest BCUT2D eigenvalue weighted by molar-refractivity contribution is 6.31. The van der Waals surface area contributed by atoms with E-state index in [9.17, 15) is 22.8 Å². The quantitative estimate of drug-likeness (QED) is 0.586. The van der Waals surface area contributed by atoms with Crippen LogP contribution in [0.25, 0.3) is 0 Å². The first-order valence-electron chi connectivity index (χ1n) is 8.79. The summed E-state index contributed by atoms with van der Waals surface area (Å²) in [7, 11) is 0. The second kappa shape index (κ2) is 9.09. The Kier molecular flexibility index (Phi) is 6.50. The van der Waals surface area contributed by atoms with Crippen molar-refractivity contribution in [2.24, 2.45) is 0 Å². The number of anilines is 1. The van der Waals surface area contributed by atoms with Crippen molar-refractivity contribution >= 4 is 29.3 Å². The van der Waals surface area contributed by atoms with Crippen molar-refractivity contribution in [3.63, 3.8) is 0 Å². The second-order valence-corrected chi connectivity index (χ2v) is 6.84. The Hall–Kier alpha value is -3.53. The molecule has 0 radical (unpaired) electrons. The third-order valence-corrected chi connectivity index (χ3v) is 4.51. The highest BCUT2D eigenvalue weighted by atomic mass is 35.5. The number of carbonyl (C=O) groups is 2. The van der Waals surface area contributed by atoms with E-state index in [4.69, 9.17) is 21.4 Å². The fourth-order valence-electron chi connectivity index (χ4n) is 2.71. The Morgan fingerprint density at radius 3 is 2.52 bits per heavy atom. The average Bonchev–Trinajstić information content (AvgIpc) is 2.70. The van der Waals surface area contributed by atoms with Crippen LogP contribution in [0.3, 0.4) is 0 Å². The van der Waals surface area contributed by atoms with Gasteiger partial charge in [0, 0.05) is 23.3 Å².